The van der Waals surface area contributed by atoms with E-state index in [1.54, 1.807) is 11.3 Å². The lowest BCUT2D eigenvalue weighted by molar-refractivity contribution is 0.151. The van der Waals surface area contributed by atoms with Crippen LogP contribution in [0.25, 0.3) is 10.2 Å². The van der Waals surface area contributed by atoms with Gasteiger partial charge in [0.15, 0.2) is 0 Å². The highest BCUT2D eigenvalue weighted by molar-refractivity contribution is 7.17. The summed E-state index contributed by atoms with van der Waals surface area (Å²) >= 11 is 1.74. The number of fused-ring (bicyclic) bond motifs is 1. The first-order valence-corrected chi connectivity index (χ1v) is 10.2. The van der Waals surface area contributed by atoms with Gasteiger partial charge in [0.25, 0.3) is 0 Å². The first-order valence-electron chi connectivity index (χ1n) is 9.34. The van der Waals surface area contributed by atoms with Gasteiger partial charge in [-0.2, -0.15) is 0 Å². The van der Waals surface area contributed by atoms with Gasteiger partial charge in [-0.1, -0.05) is 13.8 Å². The van der Waals surface area contributed by atoms with E-state index in [4.69, 9.17) is 4.98 Å². The van der Waals surface area contributed by atoms with E-state index in [1.165, 1.54) is 10.9 Å². The normalized spacial score (nSPS) is 18.2. The van der Waals surface area contributed by atoms with Crippen LogP contribution in [0.2, 0.25) is 0 Å². The Morgan fingerprint density at radius 2 is 1.88 bits per heavy atom. The number of aryl methyl sites for hydroxylation is 1. The Morgan fingerprint density at radius 1 is 1.16 bits per heavy atom. The summed E-state index contributed by atoms with van der Waals surface area (Å²) < 4.78 is 0. The molecule has 6 heteroatoms. The Balaban J connectivity index is 1.76. The molecule has 25 heavy (non-hydrogen) atoms. The molecule has 1 unspecified atom stereocenters. The van der Waals surface area contributed by atoms with Crippen molar-refractivity contribution in [1.82, 2.24) is 19.8 Å². The number of hydrogen-bond donors (Lipinski definition) is 1. The number of hydrogen-bond acceptors (Lipinski definition) is 6. The number of piperazine rings is 1. The molecule has 1 fully saturated rings. The zero-order chi connectivity index (χ0) is 18.0. The highest BCUT2D eigenvalue weighted by Crippen LogP contribution is 2.32. The molecule has 1 aliphatic heterocycles. The van der Waals surface area contributed by atoms with Gasteiger partial charge < -0.3 is 10.2 Å². The van der Waals surface area contributed by atoms with Gasteiger partial charge in [-0.05, 0) is 44.2 Å². The number of thiophene rings is 1. The summed E-state index contributed by atoms with van der Waals surface area (Å²) in [5, 5.41) is 7.17. The maximum absolute atomic E-state index is 4.74. The second-order valence-corrected chi connectivity index (χ2v) is 8.67. The van der Waals surface area contributed by atoms with Crippen molar-refractivity contribution in [2.45, 2.75) is 40.2 Å². The molecule has 0 radical (unpaired) electrons. The summed E-state index contributed by atoms with van der Waals surface area (Å²) in [6.07, 6.45) is 1.08. The predicted octanol–water partition coefficient (Wildman–Crippen LogP) is 3.25. The molecule has 0 saturated carbocycles. The molecule has 1 atom stereocenters. The van der Waals surface area contributed by atoms with Crippen LogP contribution in [0, 0.1) is 12.8 Å². The van der Waals surface area contributed by atoms with Crippen molar-refractivity contribution in [2.24, 2.45) is 5.92 Å². The van der Waals surface area contributed by atoms with Crippen LogP contribution >= 0.6 is 11.3 Å². The molecule has 1 N–H and O–H groups in total. The van der Waals surface area contributed by atoms with Crippen LogP contribution in [0.1, 0.15) is 32.2 Å². The van der Waals surface area contributed by atoms with E-state index < -0.39 is 0 Å². The Kier molecular flexibility index (Phi) is 5.92. The van der Waals surface area contributed by atoms with Crippen molar-refractivity contribution in [3.63, 3.8) is 0 Å². The fraction of sp³-hybridized carbons (Fsp3) is 0.684. The number of nitrogens with zero attached hydrogens (tertiary/aromatic N) is 4. The SMILES string of the molecule is Cc1nc(NC(C)CN2CCN(C)CC2)c2c(CC(C)C)csc2n1. The molecule has 0 amide bonds. The molecule has 138 valence electrons. The van der Waals surface area contributed by atoms with Crippen LogP contribution in [0.5, 0.6) is 0 Å². The average molecular weight is 362 g/mol. The number of anilines is 1. The molecule has 5 nitrogen and oxygen atoms in total. The molecule has 2 aromatic rings. The van der Waals surface area contributed by atoms with Crippen LogP contribution in [0.3, 0.4) is 0 Å². The van der Waals surface area contributed by atoms with E-state index in [9.17, 15) is 0 Å². The summed E-state index contributed by atoms with van der Waals surface area (Å²) in [5.41, 5.74) is 1.38. The van der Waals surface area contributed by atoms with E-state index in [1.807, 2.05) is 6.92 Å². The van der Waals surface area contributed by atoms with Gasteiger partial charge in [0.05, 0.1) is 5.39 Å². The molecule has 3 heterocycles. The van der Waals surface area contributed by atoms with Crippen molar-refractivity contribution in [2.75, 3.05) is 45.1 Å². The molecule has 2 aromatic heterocycles. The van der Waals surface area contributed by atoms with Crippen molar-refractivity contribution in [3.05, 3.63) is 16.8 Å². The van der Waals surface area contributed by atoms with Crippen molar-refractivity contribution in [3.8, 4) is 0 Å². The minimum absolute atomic E-state index is 0.368. The Bertz CT molecular complexity index is 703. The van der Waals surface area contributed by atoms with Crippen LogP contribution in [-0.4, -0.2) is 65.6 Å². The molecule has 0 aliphatic carbocycles. The number of likely N-dealkylation sites (N-methyl/N-ethyl adjacent to an activating group) is 1. The minimum Gasteiger partial charge on any atom is -0.366 e. The summed E-state index contributed by atoms with van der Waals surface area (Å²) in [6, 6.07) is 0.368. The average Bonchev–Trinajstić information content (AvgIpc) is 2.91. The predicted molar refractivity (Wildman–Crippen MR) is 108 cm³/mol. The lowest BCUT2D eigenvalue weighted by Gasteiger charge is -2.34. The fourth-order valence-electron chi connectivity index (χ4n) is 3.50. The molecule has 1 saturated heterocycles. The zero-order valence-corrected chi connectivity index (χ0v) is 17.0. The number of rotatable bonds is 6. The van der Waals surface area contributed by atoms with Crippen LogP contribution < -0.4 is 5.32 Å². The highest BCUT2D eigenvalue weighted by atomic mass is 32.1. The zero-order valence-electron chi connectivity index (χ0n) is 16.2. The van der Waals surface area contributed by atoms with Gasteiger partial charge in [0, 0.05) is 38.8 Å². The van der Waals surface area contributed by atoms with Gasteiger partial charge in [0.2, 0.25) is 0 Å². The lowest BCUT2D eigenvalue weighted by Crippen LogP contribution is -2.47. The summed E-state index contributed by atoms with van der Waals surface area (Å²) in [7, 11) is 2.20. The van der Waals surface area contributed by atoms with Crippen molar-refractivity contribution in [1.29, 1.82) is 0 Å². The van der Waals surface area contributed by atoms with Crippen LogP contribution in [0.15, 0.2) is 5.38 Å². The highest BCUT2D eigenvalue weighted by Gasteiger charge is 2.19. The number of nitrogens with one attached hydrogen (secondary N) is 1. The second kappa shape index (κ2) is 7.98. The van der Waals surface area contributed by atoms with Crippen LogP contribution in [0.4, 0.5) is 5.82 Å². The smallest absolute Gasteiger partial charge is 0.139 e. The maximum Gasteiger partial charge on any atom is 0.139 e. The Morgan fingerprint density at radius 3 is 2.56 bits per heavy atom. The largest absolute Gasteiger partial charge is 0.366 e. The third-order valence-electron chi connectivity index (χ3n) is 4.76. The first-order chi connectivity index (χ1) is 11.9. The van der Waals surface area contributed by atoms with Gasteiger partial charge in [-0.25, -0.2) is 9.97 Å². The quantitative estimate of drug-likeness (QED) is 0.856. The third kappa shape index (κ3) is 4.68. The fourth-order valence-corrected chi connectivity index (χ4v) is 4.50. The first kappa shape index (κ1) is 18.5. The third-order valence-corrected chi connectivity index (χ3v) is 5.68. The maximum atomic E-state index is 4.74. The van der Waals surface area contributed by atoms with Gasteiger partial charge in [-0.15, -0.1) is 11.3 Å². The molecule has 0 aromatic carbocycles. The van der Waals surface area contributed by atoms with E-state index in [0.29, 0.717) is 12.0 Å². The summed E-state index contributed by atoms with van der Waals surface area (Å²) in [5.74, 6) is 2.50. The van der Waals surface area contributed by atoms with Gasteiger partial charge >= 0.3 is 0 Å². The topological polar surface area (TPSA) is 44.3 Å². The summed E-state index contributed by atoms with van der Waals surface area (Å²) in [6.45, 7) is 14.5. The minimum atomic E-state index is 0.368. The van der Waals surface area contributed by atoms with Gasteiger partial charge in [-0.3, -0.25) is 4.90 Å². The van der Waals surface area contributed by atoms with E-state index >= 15 is 0 Å². The Labute approximate surface area is 155 Å². The molecule has 0 spiro atoms. The molecular formula is C19H31N5S. The standard InChI is InChI=1S/C19H31N5S/c1-13(2)10-16-12-25-19-17(16)18(21-15(4)22-19)20-14(3)11-24-8-6-23(5)7-9-24/h12-14H,6-11H2,1-5H3,(H,20,21,22). The molecule has 3 rings (SSSR count). The molecule has 0 bridgehead atoms. The Hall–Kier alpha value is -1.24. The summed E-state index contributed by atoms with van der Waals surface area (Å²) in [4.78, 5) is 15.4. The van der Waals surface area contributed by atoms with E-state index in [2.05, 4.69) is 53.3 Å². The monoisotopic (exact) mass is 361 g/mol. The van der Waals surface area contributed by atoms with E-state index in [0.717, 1.165) is 55.6 Å². The molecular weight excluding hydrogens is 330 g/mol. The van der Waals surface area contributed by atoms with Crippen molar-refractivity contribution >= 4 is 27.4 Å². The lowest BCUT2D eigenvalue weighted by atomic mass is 10.0. The van der Waals surface area contributed by atoms with Crippen LogP contribution in [-0.2, 0) is 6.42 Å². The van der Waals surface area contributed by atoms with Gasteiger partial charge in [0.1, 0.15) is 16.5 Å². The van der Waals surface area contributed by atoms with Crippen molar-refractivity contribution < 1.29 is 0 Å². The van der Waals surface area contributed by atoms with E-state index in [-0.39, 0.29) is 0 Å². The second-order valence-electron chi connectivity index (χ2n) is 7.81. The number of aromatic nitrogens is 2. The molecule has 1 aliphatic rings.